The van der Waals surface area contributed by atoms with Crippen LogP contribution in [0.3, 0.4) is 0 Å². The number of rotatable bonds is 10. The van der Waals surface area contributed by atoms with E-state index in [2.05, 4.69) is 38.8 Å². The molecular formula is C23H24ClN5O2S. The number of unbranched alkanes of at least 4 members (excludes halogenated alkanes) is 1. The molecular weight excluding hydrogens is 446 g/mol. The van der Waals surface area contributed by atoms with Crippen LogP contribution in [0.1, 0.15) is 32.5 Å². The lowest BCUT2D eigenvalue weighted by Crippen LogP contribution is -2.00. The van der Waals surface area contributed by atoms with Crippen molar-refractivity contribution in [2.24, 2.45) is 0 Å². The van der Waals surface area contributed by atoms with Crippen molar-refractivity contribution in [2.75, 3.05) is 6.61 Å². The molecule has 0 atom stereocenters. The maximum Gasteiger partial charge on any atom is 0.258 e. The standard InChI is InChI=1S/C23H24ClN5O2S/c1-3-5-13-30-19-11-9-16(10-12-19)21-26-27-23(29(21)4-2)32-15-20-25-22(31-28-20)17-7-6-8-18(24)14-17/h6-12,14H,3-5,13,15H2,1-2H3. The molecule has 0 N–H and O–H groups in total. The molecule has 0 radical (unpaired) electrons. The highest BCUT2D eigenvalue weighted by Crippen LogP contribution is 2.28. The van der Waals surface area contributed by atoms with E-state index in [9.17, 15) is 0 Å². The Morgan fingerprint density at radius 2 is 1.91 bits per heavy atom. The first-order chi connectivity index (χ1) is 15.7. The third kappa shape index (κ3) is 5.31. The average molecular weight is 470 g/mol. The Morgan fingerprint density at radius 1 is 1.06 bits per heavy atom. The Morgan fingerprint density at radius 3 is 2.66 bits per heavy atom. The summed E-state index contributed by atoms with van der Waals surface area (Å²) in [5.41, 5.74) is 1.79. The normalized spacial score (nSPS) is 11.1. The first-order valence-electron chi connectivity index (χ1n) is 10.6. The van der Waals surface area contributed by atoms with Gasteiger partial charge in [0.15, 0.2) is 16.8 Å². The van der Waals surface area contributed by atoms with Crippen molar-refractivity contribution >= 4 is 23.4 Å². The van der Waals surface area contributed by atoms with Gasteiger partial charge >= 0.3 is 0 Å². The van der Waals surface area contributed by atoms with Crippen LogP contribution in [0.4, 0.5) is 0 Å². The highest BCUT2D eigenvalue weighted by Gasteiger charge is 2.15. The summed E-state index contributed by atoms with van der Waals surface area (Å²) in [6, 6.07) is 15.3. The first-order valence-corrected chi connectivity index (χ1v) is 11.9. The minimum atomic E-state index is 0.446. The monoisotopic (exact) mass is 469 g/mol. The molecule has 0 unspecified atom stereocenters. The van der Waals surface area contributed by atoms with Gasteiger partial charge in [-0.3, -0.25) is 0 Å². The minimum Gasteiger partial charge on any atom is -0.494 e. The number of halogens is 1. The number of thioether (sulfide) groups is 1. The third-order valence-corrected chi connectivity index (χ3v) is 5.98. The van der Waals surface area contributed by atoms with Gasteiger partial charge in [0.25, 0.3) is 5.89 Å². The summed E-state index contributed by atoms with van der Waals surface area (Å²) in [6.45, 7) is 5.71. The van der Waals surface area contributed by atoms with Crippen LogP contribution < -0.4 is 4.74 Å². The minimum absolute atomic E-state index is 0.446. The smallest absolute Gasteiger partial charge is 0.258 e. The summed E-state index contributed by atoms with van der Waals surface area (Å²) in [7, 11) is 0. The molecule has 0 aliphatic carbocycles. The van der Waals surface area contributed by atoms with Crippen molar-refractivity contribution in [1.82, 2.24) is 24.9 Å². The van der Waals surface area contributed by atoms with Crippen molar-refractivity contribution < 1.29 is 9.26 Å². The lowest BCUT2D eigenvalue weighted by atomic mass is 10.2. The van der Waals surface area contributed by atoms with Gasteiger partial charge in [0.1, 0.15) is 5.75 Å². The van der Waals surface area contributed by atoms with E-state index in [0.29, 0.717) is 22.5 Å². The van der Waals surface area contributed by atoms with Crippen LogP contribution in [0.2, 0.25) is 5.02 Å². The van der Waals surface area contributed by atoms with E-state index in [-0.39, 0.29) is 0 Å². The van der Waals surface area contributed by atoms with Crippen LogP contribution in [-0.4, -0.2) is 31.5 Å². The second-order valence-electron chi connectivity index (χ2n) is 7.09. The van der Waals surface area contributed by atoms with E-state index in [1.165, 1.54) is 11.8 Å². The van der Waals surface area contributed by atoms with Crippen molar-refractivity contribution in [3.63, 3.8) is 0 Å². The second-order valence-corrected chi connectivity index (χ2v) is 8.47. The summed E-state index contributed by atoms with van der Waals surface area (Å²) in [5, 5.41) is 14.3. The van der Waals surface area contributed by atoms with E-state index >= 15 is 0 Å². The number of nitrogens with zero attached hydrogens (tertiary/aromatic N) is 5. The predicted octanol–water partition coefficient (Wildman–Crippen LogP) is 6.14. The molecule has 0 fully saturated rings. The van der Waals surface area contributed by atoms with Gasteiger partial charge in [-0.05, 0) is 55.8 Å². The largest absolute Gasteiger partial charge is 0.494 e. The van der Waals surface area contributed by atoms with Crippen LogP contribution in [0.25, 0.3) is 22.8 Å². The molecule has 0 saturated heterocycles. The van der Waals surface area contributed by atoms with E-state index in [1.807, 2.05) is 36.4 Å². The van der Waals surface area contributed by atoms with E-state index < -0.39 is 0 Å². The van der Waals surface area contributed by atoms with Gasteiger partial charge in [-0.25, -0.2) is 0 Å². The maximum atomic E-state index is 6.05. The highest BCUT2D eigenvalue weighted by molar-refractivity contribution is 7.98. The van der Waals surface area contributed by atoms with Crippen molar-refractivity contribution in [2.45, 2.75) is 44.1 Å². The summed E-state index contributed by atoms with van der Waals surface area (Å²) < 4.78 is 13.2. The van der Waals surface area contributed by atoms with Crippen LogP contribution in [0.5, 0.6) is 5.75 Å². The topological polar surface area (TPSA) is 78.9 Å². The summed E-state index contributed by atoms with van der Waals surface area (Å²) in [6.07, 6.45) is 2.16. The Balaban J connectivity index is 1.43. The SMILES string of the molecule is CCCCOc1ccc(-c2nnc(SCc3noc(-c4cccc(Cl)c4)n3)n2CC)cc1. The number of hydrogen-bond donors (Lipinski definition) is 0. The molecule has 2 aromatic heterocycles. The average Bonchev–Trinajstić information content (AvgIpc) is 3.45. The molecule has 166 valence electrons. The van der Waals surface area contributed by atoms with Crippen LogP contribution >= 0.6 is 23.4 Å². The Bertz CT molecular complexity index is 1160. The summed E-state index contributed by atoms with van der Waals surface area (Å²) >= 11 is 7.57. The number of ether oxygens (including phenoxy) is 1. The van der Waals surface area contributed by atoms with Gasteiger partial charge < -0.3 is 13.8 Å². The molecule has 0 spiro atoms. The Kier molecular flexibility index (Phi) is 7.44. The zero-order valence-corrected chi connectivity index (χ0v) is 19.6. The number of benzene rings is 2. The molecule has 2 heterocycles. The van der Waals surface area contributed by atoms with Crippen molar-refractivity contribution in [3.8, 4) is 28.6 Å². The highest BCUT2D eigenvalue weighted by atomic mass is 35.5. The molecule has 4 rings (SSSR count). The van der Waals surface area contributed by atoms with Gasteiger partial charge in [0, 0.05) is 22.7 Å². The Hall–Kier alpha value is -2.84. The van der Waals surface area contributed by atoms with Gasteiger partial charge in [0.2, 0.25) is 0 Å². The molecule has 32 heavy (non-hydrogen) atoms. The molecule has 0 bridgehead atoms. The molecule has 9 heteroatoms. The Labute approximate surface area is 196 Å². The molecule has 2 aromatic carbocycles. The molecule has 0 aliphatic heterocycles. The zero-order chi connectivity index (χ0) is 22.3. The first kappa shape index (κ1) is 22.4. The van der Waals surface area contributed by atoms with Crippen LogP contribution in [0, 0.1) is 0 Å². The van der Waals surface area contributed by atoms with Crippen molar-refractivity contribution in [1.29, 1.82) is 0 Å². The molecule has 4 aromatic rings. The van der Waals surface area contributed by atoms with Gasteiger partial charge in [-0.1, -0.05) is 47.9 Å². The summed E-state index contributed by atoms with van der Waals surface area (Å²) in [4.78, 5) is 4.47. The fourth-order valence-corrected chi connectivity index (χ4v) is 4.14. The van der Waals surface area contributed by atoms with E-state index in [0.717, 1.165) is 53.9 Å². The number of aromatic nitrogens is 5. The molecule has 0 saturated carbocycles. The molecule has 7 nitrogen and oxygen atoms in total. The maximum absolute atomic E-state index is 6.05. The fourth-order valence-electron chi connectivity index (χ4n) is 3.11. The molecule has 0 aliphatic rings. The van der Waals surface area contributed by atoms with Crippen LogP contribution in [0.15, 0.2) is 58.2 Å². The van der Waals surface area contributed by atoms with E-state index in [1.54, 1.807) is 12.1 Å². The van der Waals surface area contributed by atoms with Gasteiger partial charge in [0.05, 0.1) is 12.4 Å². The van der Waals surface area contributed by atoms with Gasteiger partial charge in [-0.2, -0.15) is 4.98 Å². The lowest BCUT2D eigenvalue weighted by Gasteiger charge is -2.08. The lowest BCUT2D eigenvalue weighted by molar-refractivity contribution is 0.309. The van der Waals surface area contributed by atoms with Gasteiger partial charge in [-0.15, -0.1) is 10.2 Å². The second kappa shape index (κ2) is 10.7. The quantitative estimate of drug-likeness (QED) is 0.204. The van der Waals surface area contributed by atoms with Crippen molar-refractivity contribution in [3.05, 3.63) is 59.4 Å². The number of hydrogen-bond acceptors (Lipinski definition) is 7. The predicted molar refractivity (Wildman–Crippen MR) is 126 cm³/mol. The van der Waals surface area contributed by atoms with E-state index in [4.69, 9.17) is 20.9 Å². The molecule has 0 amide bonds. The third-order valence-electron chi connectivity index (χ3n) is 4.78. The summed E-state index contributed by atoms with van der Waals surface area (Å²) in [5.74, 6) is 3.24. The van der Waals surface area contributed by atoms with Crippen LogP contribution in [-0.2, 0) is 12.3 Å². The fraction of sp³-hybridized carbons (Fsp3) is 0.304. The zero-order valence-electron chi connectivity index (χ0n) is 18.0.